The van der Waals surface area contributed by atoms with Crippen LogP contribution in [0.3, 0.4) is 0 Å². The van der Waals surface area contributed by atoms with Gasteiger partial charge in [-0.05, 0) is 68.9 Å². The van der Waals surface area contributed by atoms with Crippen LogP contribution in [0.25, 0.3) is 0 Å². The number of hydrogen-bond acceptors (Lipinski definition) is 2. The van der Waals surface area contributed by atoms with E-state index < -0.39 is 0 Å². The lowest BCUT2D eigenvalue weighted by atomic mass is 9.66. The van der Waals surface area contributed by atoms with Crippen LogP contribution in [0.2, 0.25) is 0 Å². The Morgan fingerprint density at radius 2 is 1.42 bits per heavy atom. The van der Waals surface area contributed by atoms with E-state index in [-0.39, 0.29) is 23.7 Å². The minimum atomic E-state index is -0.0959. The summed E-state index contributed by atoms with van der Waals surface area (Å²) in [5.41, 5.74) is 4.92. The molecule has 1 heterocycles. The Bertz CT molecular complexity index is 736. The molecule has 0 aromatic heterocycles. The summed E-state index contributed by atoms with van der Waals surface area (Å²) in [5.74, 6) is 0.613. The third-order valence-corrected chi connectivity index (χ3v) is 6.85. The van der Waals surface area contributed by atoms with Crippen molar-refractivity contribution in [3.8, 4) is 0 Å². The molecule has 0 bridgehead atoms. The first kappa shape index (κ1) is 14.4. The first-order valence-electron chi connectivity index (χ1n) is 9.33. The largest absolute Gasteiger partial charge is 0.274 e. The van der Waals surface area contributed by atoms with Gasteiger partial charge in [0.25, 0.3) is 0 Å². The van der Waals surface area contributed by atoms with Crippen molar-refractivity contribution < 1.29 is 9.59 Å². The lowest BCUT2D eigenvalue weighted by Gasteiger charge is -2.34. The third-order valence-electron chi connectivity index (χ3n) is 6.85. The number of allylic oxidation sites excluding steroid dienone is 2. The van der Waals surface area contributed by atoms with Crippen molar-refractivity contribution in [3.63, 3.8) is 0 Å². The smallest absolute Gasteiger partial charge is 0.238 e. The SMILES string of the molecule is Cc1ccccc1N1C(=O)[C@@H]2[C@@H](C1=O)[C@H]1CCCC1=C1CCC[C@@H]12. The second-order valence-electron chi connectivity index (χ2n) is 7.90. The number of anilines is 1. The van der Waals surface area contributed by atoms with Crippen molar-refractivity contribution in [2.24, 2.45) is 23.7 Å². The molecule has 5 rings (SSSR count). The highest BCUT2D eigenvalue weighted by atomic mass is 16.2. The van der Waals surface area contributed by atoms with Gasteiger partial charge >= 0.3 is 0 Å². The Balaban J connectivity index is 1.63. The number of amides is 2. The zero-order valence-corrected chi connectivity index (χ0v) is 14.1. The van der Waals surface area contributed by atoms with Crippen molar-refractivity contribution in [2.75, 3.05) is 4.90 Å². The number of fused-ring (bicyclic) bond motifs is 5. The van der Waals surface area contributed by atoms with Crippen LogP contribution in [0, 0.1) is 30.6 Å². The zero-order valence-electron chi connectivity index (χ0n) is 14.1. The van der Waals surface area contributed by atoms with E-state index in [4.69, 9.17) is 0 Å². The Morgan fingerprint density at radius 1 is 0.875 bits per heavy atom. The molecule has 2 saturated carbocycles. The van der Waals surface area contributed by atoms with Crippen LogP contribution < -0.4 is 4.90 Å². The fourth-order valence-electron chi connectivity index (χ4n) is 5.94. The summed E-state index contributed by atoms with van der Waals surface area (Å²) >= 11 is 0. The summed E-state index contributed by atoms with van der Waals surface area (Å²) in [4.78, 5) is 28.2. The number of imide groups is 1. The molecule has 3 fully saturated rings. The molecule has 3 heteroatoms. The quantitative estimate of drug-likeness (QED) is 0.579. The summed E-state index contributed by atoms with van der Waals surface area (Å²) in [6.45, 7) is 1.98. The molecule has 4 aliphatic rings. The fourth-order valence-corrected chi connectivity index (χ4v) is 5.94. The molecule has 0 spiro atoms. The molecule has 1 saturated heterocycles. The lowest BCUT2D eigenvalue weighted by molar-refractivity contribution is -0.122. The molecular weight excluding hydrogens is 298 g/mol. The summed E-state index contributed by atoms with van der Waals surface area (Å²) in [6.07, 6.45) is 6.87. The van der Waals surface area contributed by atoms with E-state index >= 15 is 0 Å². The predicted molar refractivity (Wildman–Crippen MR) is 92.4 cm³/mol. The van der Waals surface area contributed by atoms with Crippen molar-refractivity contribution in [1.29, 1.82) is 0 Å². The van der Waals surface area contributed by atoms with E-state index in [1.54, 1.807) is 11.1 Å². The zero-order chi connectivity index (χ0) is 16.4. The van der Waals surface area contributed by atoms with Crippen molar-refractivity contribution in [1.82, 2.24) is 0 Å². The normalized spacial score (nSPS) is 34.6. The average molecular weight is 321 g/mol. The molecule has 1 aliphatic heterocycles. The molecule has 3 nitrogen and oxygen atoms in total. The van der Waals surface area contributed by atoms with Gasteiger partial charge in [-0.3, -0.25) is 9.59 Å². The van der Waals surface area contributed by atoms with E-state index in [0.717, 1.165) is 36.9 Å². The number of carbonyl (C=O) groups excluding carboxylic acids is 2. The summed E-state index contributed by atoms with van der Waals surface area (Å²) < 4.78 is 0. The molecule has 4 atom stereocenters. The van der Waals surface area contributed by atoms with Gasteiger partial charge in [-0.2, -0.15) is 0 Å². The van der Waals surface area contributed by atoms with Crippen LogP contribution in [0.15, 0.2) is 35.4 Å². The van der Waals surface area contributed by atoms with Gasteiger partial charge in [-0.25, -0.2) is 4.90 Å². The topological polar surface area (TPSA) is 37.4 Å². The van der Waals surface area contributed by atoms with E-state index in [1.165, 1.54) is 17.7 Å². The first-order chi connectivity index (χ1) is 11.7. The molecule has 1 aromatic rings. The summed E-state index contributed by atoms with van der Waals surface area (Å²) in [5, 5.41) is 0. The number of aryl methyl sites for hydroxylation is 1. The fraction of sp³-hybridized carbons (Fsp3) is 0.524. The highest BCUT2D eigenvalue weighted by Crippen LogP contribution is 2.58. The minimum absolute atomic E-state index is 0.0645. The van der Waals surface area contributed by atoms with Crippen LogP contribution in [-0.2, 0) is 9.59 Å². The summed E-state index contributed by atoms with van der Waals surface area (Å²) in [6, 6.07) is 7.78. The molecule has 124 valence electrons. The van der Waals surface area contributed by atoms with Crippen molar-refractivity contribution in [3.05, 3.63) is 41.0 Å². The highest BCUT2D eigenvalue weighted by molar-refractivity contribution is 6.23. The molecule has 3 aliphatic carbocycles. The standard InChI is InChI=1S/C21H23NO2/c1-12-6-2-3-11-17(12)22-20(23)18-15-9-4-7-13(15)14-8-5-10-16(14)19(18)21(22)24/h2-3,6,11,15-16,18-19H,4-5,7-10H2,1H3/t15-,16-,18-,19-/m0/s1. The second-order valence-corrected chi connectivity index (χ2v) is 7.90. The third kappa shape index (κ3) is 1.73. The van der Waals surface area contributed by atoms with Gasteiger partial charge in [0.2, 0.25) is 11.8 Å². The maximum absolute atomic E-state index is 13.3. The number of carbonyl (C=O) groups is 2. The van der Waals surface area contributed by atoms with Gasteiger partial charge in [0.1, 0.15) is 0 Å². The van der Waals surface area contributed by atoms with E-state index in [9.17, 15) is 9.59 Å². The number of benzene rings is 1. The average Bonchev–Trinajstić information content (AvgIpc) is 3.26. The number of hydrogen-bond donors (Lipinski definition) is 0. The Labute approximate surface area is 142 Å². The van der Waals surface area contributed by atoms with Crippen LogP contribution >= 0.6 is 0 Å². The van der Waals surface area contributed by atoms with E-state index in [0.29, 0.717) is 11.8 Å². The minimum Gasteiger partial charge on any atom is -0.274 e. The maximum atomic E-state index is 13.3. The van der Waals surface area contributed by atoms with Crippen LogP contribution in [-0.4, -0.2) is 11.8 Å². The van der Waals surface area contributed by atoms with E-state index in [1.807, 2.05) is 31.2 Å². The van der Waals surface area contributed by atoms with Gasteiger partial charge in [-0.1, -0.05) is 29.3 Å². The Morgan fingerprint density at radius 3 is 1.96 bits per heavy atom. The van der Waals surface area contributed by atoms with Gasteiger partial charge < -0.3 is 0 Å². The van der Waals surface area contributed by atoms with Crippen LogP contribution in [0.1, 0.15) is 44.1 Å². The van der Waals surface area contributed by atoms with Crippen molar-refractivity contribution in [2.45, 2.75) is 45.4 Å². The predicted octanol–water partition coefficient (Wildman–Crippen LogP) is 4.01. The second kappa shape index (κ2) is 5.05. The summed E-state index contributed by atoms with van der Waals surface area (Å²) in [7, 11) is 0. The molecular formula is C21H23NO2. The maximum Gasteiger partial charge on any atom is 0.238 e. The molecule has 0 N–H and O–H groups in total. The van der Waals surface area contributed by atoms with E-state index in [2.05, 4.69) is 0 Å². The number of rotatable bonds is 1. The monoisotopic (exact) mass is 321 g/mol. The van der Waals surface area contributed by atoms with Crippen molar-refractivity contribution >= 4 is 17.5 Å². The molecule has 2 amide bonds. The number of para-hydroxylation sites is 1. The molecule has 0 unspecified atom stereocenters. The van der Waals surface area contributed by atoms with Gasteiger partial charge in [0.05, 0.1) is 17.5 Å². The Hall–Kier alpha value is -1.90. The molecule has 24 heavy (non-hydrogen) atoms. The number of nitrogens with zero attached hydrogens (tertiary/aromatic N) is 1. The highest BCUT2D eigenvalue weighted by Gasteiger charge is 2.59. The molecule has 0 radical (unpaired) electrons. The van der Waals surface area contributed by atoms with Crippen LogP contribution in [0.5, 0.6) is 0 Å². The Kier molecular flexibility index (Phi) is 3.04. The van der Waals surface area contributed by atoms with Gasteiger partial charge in [-0.15, -0.1) is 0 Å². The lowest BCUT2D eigenvalue weighted by Crippen LogP contribution is -2.35. The first-order valence-corrected chi connectivity index (χ1v) is 9.33. The van der Waals surface area contributed by atoms with Crippen LogP contribution in [0.4, 0.5) is 5.69 Å². The van der Waals surface area contributed by atoms with Gasteiger partial charge in [0.15, 0.2) is 0 Å². The van der Waals surface area contributed by atoms with Gasteiger partial charge in [0, 0.05) is 0 Å². The molecule has 1 aromatic carbocycles.